The van der Waals surface area contributed by atoms with Crippen LogP contribution < -0.4 is 17.2 Å². The van der Waals surface area contributed by atoms with E-state index in [2.05, 4.69) is 56.1 Å². The number of anilines is 2. The van der Waals surface area contributed by atoms with Crippen molar-refractivity contribution >= 4 is 45.8 Å². The number of rotatable bonds is 11. The molecule has 0 spiro atoms. The summed E-state index contributed by atoms with van der Waals surface area (Å²) in [6, 6.07) is 14.9. The summed E-state index contributed by atoms with van der Waals surface area (Å²) in [5.41, 5.74) is 28.8. The first-order valence-electron chi connectivity index (χ1n) is 20.0. The lowest BCUT2D eigenvalue weighted by atomic mass is 10.1. The van der Waals surface area contributed by atoms with Gasteiger partial charge >= 0.3 is 0 Å². The van der Waals surface area contributed by atoms with E-state index in [0.717, 1.165) is 85.4 Å². The van der Waals surface area contributed by atoms with Crippen molar-refractivity contribution in [3.8, 4) is 44.8 Å². The van der Waals surface area contributed by atoms with Gasteiger partial charge in [0.1, 0.15) is 11.3 Å². The van der Waals surface area contributed by atoms with Crippen LogP contribution in [-0.4, -0.2) is 89.2 Å². The Morgan fingerprint density at radius 3 is 1.53 bits per heavy atom. The quantitative estimate of drug-likeness (QED) is 0.106. The molecule has 18 heteroatoms. The van der Waals surface area contributed by atoms with Gasteiger partial charge in [0.25, 0.3) is 11.8 Å². The van der Waals surface area contributed by atoms with Crippen molar-refractivity contribution in [2.75, 3.05) is 24.6 Å². The summed E-state index contributed by atoms with van der Waals surface area (Å²) in [7, 11) is 3.76. The van der Waals surface area contributed by atoms with Crippen molar-refractivity contribution in [1.82, 2.24) is 64.3 Å². The second-order valence-corrected chi connectivity index (χ2v) is 15.0. The van der Waals surface area contributed by atoms with E-state index in [1.165, 1.54) is 4.90 Å². The standard InChI is InChI=1S/C26H22N8O2.C18H20N8/c1-33-14-16(12-30-33)15-9-20-21(13-29-23(20)28-11-15)22-10-17(31-26(27)32-22)5-4-8-34-24(35)18-6-2-3-7-19(18)25(34)36;1-26-10-12(8-23-26)11-5-14-15(9-22-17(14)21-7-11)16-6-13(3-2-4-19)24-18(20)25-16/h2-3,6-7,9-14H,4-5,8H2,1H3,(H,28,29)(H2,27,31,32);5-10H,2-4,19H2,1H3,(H,21,22)(H2,20,24,25). The Balaban J connectivity index is 0.000000167. The van der Waals surface area contributed by atoms with Crippen molar-refractivity contribution < 1.29 is 9.59 Å². The number of nitrogens with zero attached hydrogens (tertiary/aromatic N) is 11. The Kier molecular flexibility index (Phi) is 10.5. The highest BCUT2D eigenvalue weighted by molar-refractivity contribution is 6.21. The number of aromatic amines is 2. The van der Waals surface area contributed by atoms with Crippen molar-refractivity contribution in [3.05, 3.63) is 121 Å². The summed E-state index contributed by atoms with van der Waals surface area (Å²) < 4.78 is 3.52. The first kappa shape index (κ1) is 39.3. The normalized spacial score (nSPS) is 12.3. The lowest BCUT2D eigenvalue weighted by molar-refractivity contribution is 0.0652. The summed E-state index contributed by atoms with van der Waals surface area (Å²) in [6.07, 6.45) is 17.6. The second-order valence-electron chi connectivity index (χ2n) is 15.0. The zero-order valence-corrected chi connectivity index (χ0v) is 33.9. The number of amides is 2. The molecule has 8 aromatic heterocycles. The Morgan fingerprint density at radius 1 is 0.597 bits per heavy atom. The number of aryl methyl sites for hydroxylation is 4. The van der Waals surface area contributed by atoms with Crippen molar-refractivity contribution in [3.63, 3.8) is 0 Å². The molecule has 0 saturated carbocycles. The maximum absolute atomic E-state index is 12.6. The minimum absolute atomic E-state index is 0.161. The molecule has 0 fully saturated rings. The number of H-pyrrole nitrogens is 2. The number of hydrogen-bond acceptors (Lipinski definition) is 13. The topological polar surface area (TPSA) is 260 Å². The van der Waals surface area contributed by atoms with Gasteiger partial charge in [-0.15, -0.1) is 0 Å². The number of nitrogen functional groups attached to an aromatic ring is 2. The largest absolute Gasteiger partial charge is 0.368 e. The molecule has 9 heterocycles. The molecule has 1 aromatic carbocycles. The summed E-state index contributed by atoms with van der Waals surface area (Å²) in [4.78, 5) is 59.5. The van der Waals surface area contributed by atoms with E-state index in [-0.39, 0.29) is 23.7 Å². The SMILES string of the molecule is Cn1cc(-c2cnc3[nH]cc(-c4cc(CCCN)nc(N)n4)c3c2)cn1.Cn1cc(-c2cnc3[nH]cc(-c4cc(CCCN5C(=O)c6ccccc6C5=O)nc(N)n4)c3c2)cn1. The molecular formula is C44H42N16O2. The summed E-state index contributed by atoms with van der Waals surface area (Å²) in [6.45, 7) is 0.918. The van der Waals surface area contributed by atoms with Gasteiger partial charge < -0.3 is 27.2 Å². The molecule has 0 atom stereocenters. The van der Waals surface area contributed by atoms with Crippen molar-refractivity contribution in [1.29, 1.82) is 0 Å². The Morgan fingerprint density at radius 2 is 1.08 bits per heavy atom. The number of fused-ring (bicyclic) bond motifs is 3. The third kappa shape index (κ3) is 7.84. The molecule has 310 valence electrons. The van der Waals surface area contributed by atoms with Crippen LogP contribution in [0.2, 0.25) is 0 Å². The molecule has 0 bridgehead atoms. The van der Waals surface area contributed by atoms with Crippen LogP contribution >= 0.6 is 0 Å². The van der Waals surface area contributed by atoms with Crippen molar-refractivity contribution in [2.45, 2.75) is 25.7 Å². The average Bonchev–Trinajstić information content (AvgIpc) is 4.12. The fourth-order valence-electron chi connectivity index (χ4n) is 7.60. The molecule has 10 rings (SSSR count). The Bertz CT molecular complexity index is 3090. The number of imide groups is 1. The zero-order valence-electron chi connectivity index (χ0n) is 33.9. The molecule has 2 amide bonds. The molecule has 9 aromatic rings. The summed E-state index contributed by atoms with van der Waals surface area (Å²) in [5, 5.41) is 10.4. The zero-order chi connectivity index (χ0) is 42.9. The van der Waals surface area contributed by atoms with Crippen LogP contribution in [0.15, 0.2) is 98.1 Å². The minimum atomic E-state index is -0.255. The van der Waals surface area contributed by atoms with Gasteiger partial charge in [-0.2, -0.15) is 10.2 Å². The molecule has 0 radical (unpaired) electrons. The highest BCUT2D eigenvalue weighted by Crippen LogP contribution is 2.32. The van der Waals surface area contributed by atoms with Crippen LogP contribution in [0.4, 0.5) is 11.9 Å². The predicted molar refractivity (Wildman–Crippen MR) is 235 cm³/mol. The first-order chi connectivity index (χ1) is 30.1. The number of nitrogens with one attached hydrogen (secondary N) is 2. The molecule has 0 aliphatic carbocycles. The fourth-order valence-corrected chi connectivity index (χ4v) is 7.60. The first-order valence-corrected chi connectivity index (χ1v) is 20.0. The highest BCUT2D eigenvalue weighted by atomic mass is 16.2. The van der Waals surface area contributed by atoms with Crippen LogP contribution in [-0.2, 0) is 26.9 Å². The van der Waals surface area contributed by atoms with Crippen LogP contribution in [0, 0.1) is 0 Å². The molecule has 0 unspecified atom stereocenters. The predicted octanol–water partition coefficient (Wildman–Crippen LogP) is 5.13. The molecule has 8 N–H and O–H groups in total. The van der Waals surface area contributed by atoms with E-state index < -0.39 is 0 Å². The lowest BCUT2D eigenvalue weighted by Crippen LogP contribution is -2.31. The van der Waals surface area contributed by atoms with E-state index in [1.54, 1.807) is 46.0 Å². The monoisotopic (exact) mass is 826 g/mol. The van der Waals surface area contributed by atoms with Crippen LogP contribution in [0.25, 0.3) is 66.8 Å². The maximum atomic E-state index is 12.6. The van der Waals surface area contributed by atoms with Gasteiger partial charge in [0, 0.05) is 113 Å². The Labute approximate surface area is 354 Å². The molecular weight excluding hydrogens is 785 g/mol. The Hall–Kier alpha value is -8.12. The van der Waals surface area contributed by atoms with E-state index in [9.17, 15) is 9.59 Å². The third-order valence-electron chi connectivity index (χ3n) is 10.6. The van der Waals surface area contributed by atoms with Gasteiger partial charge in [-0.25, -0.2) is 29.9 Å². The number of benzene rings is 1. The molecule has 1 aliphatic rings. The lowest BCUT2D eigenvalue weighted by Gasteiger charge is -2.13. The van der Waals surface area contributed by atoms with E-state index in [0.29, 0.717) is 42.8 Å². The number of pyridine rings is 2. The van der Waals surface area contributed by atoms with Gasteiger partial charge in [-0.05, 0) is 68.6 Å². The van der Waals surface area contributed by atoms with Crippen LogP contribution in [0.5, 0.6) is 0 Å². The molecule has 62 heavy (non-hydrogen) atoms. The summed E-state index contributed by atoms with van der Waals surface area (Å²) >= 11 is 0. The number of nitrogens with two attached hydrogens (primary N) is 3. The van der Waals surface area contributed by atoms with Gasteiger partial charge in [-0.3, -0.25) is 23.9 Å². The highest BCUT2D eigenvalue weighted by Gasteiger charge is 2.34. The van der Waals surface area contributed by atoms with Crippen LogP contribution in [0.1, 0.15) is 44.9 Å². The molecule has 18 nitrogen and oxygen atoms in total. The van der Waals surface area contributed by atoms with Gasteiger partial charge in [0.2, 0.25) is 11.9 Å². The third-order valence-corrected chi connectivity index (χ3v) is 10.6. The van der Waals surface area contributed by atoms with E-state index >= 15 is 0 Å². The van der Waals surface area contributed by atoms with Gasteiger partial charge in [-0.1, -0.05) is 12.1 Å². The smallest absolute Gasteiger partial charge is 0.261 e. The molecule has 1 aliphatic heterocycles. The van der Waals surface area contributed by atoms with Crippen molar-refractivity contribution in [2.24, 2.45) is 19.8 Å². The fraction of sp³-hybridized carbons (Fsp3) is 0.182. The maximum Gasteiger partial charge on any atom is 0.261 e. The number of carbonyl (C=O) groups excluding carboxylic acids is 2. The van der Waals surface area contributed by atoms with E-state index in [4.69, 9.17) is 17.2 Å². The summed E-state index contributed by atoms with van der Waals surface area (Å²) in [5.74, 6) is -0.0856. The van der Waals surface area contributed by atoms with Crippen LogP contribution in [0.3, 0.4) is 0 Å². The van der Waals surface area contributed by atoms with Gasteiger partial charge in [0.05, 0.1) is 34.9 Å². The second kappa shape index (κ2) is 16.5. The minimum Gasteiger partial charge on any atom is -0.368 e. The average molecular weight is 827 g/mol. The molecule has 0 saturated heterocycles. The number of hydrogen-bond donors (Lipinski definition) is 5. The number of aromatic nitrogens is 12. The number of carbonyl (C=O) groups is 2. The van der Waals surface area contributed by atoms with E-state index in [1.807, 2.05) is 69.5 Å². The van der Waals surface area contributed by atoms with Gasteiger partial charge in [0.15, 0.2) is 0 Å².